The summed E-state index contributed by atoms with van der Waals surface area (Å²) in [6, 6.07) is 15.3. The third kappa shape index (κ3) is 3.87. The maximum atomic E-state index is 12.6. The number of nitrogens with one attached hydrogen (secondary N) is 2. The van der Waals surface area contributed by atoms with E-state index in [9.17, 15) is 9.59 Å². The lowest BCUT2D eigenvalue weighted by molar-refractivity contribution is -0.134. The van der Waals surface area contributed by atoms with Crippen molar-refractivity contribution in [3.63, 3.8) is 0 Å². The minimum absolute atomic E-state index is 0.183. The van der Waals surface area contributed by atoms with Crippen molar-refractivity contribution >= 4 is 17.5 Å². The van der Waals surface area contributed by atoms with Crippen LogP contribution in [0.5, 0.6) is 5.75 Å². The average molecular weight is 352 g/mol. The van der Waals surface area contributed by atoms with Crippen LogP contribution in [-0.2, 0) is 16.0 Å². The zero-order valence-corrected chi connectivity index (χ0v) is 15.2. The second kappa shape index (κ2) is 7.60. The second-order valence-electron chi connectivity index (χ2n) is 6.71. The van der Waals surface area contributed by atoms with E-state index >= 15 is 0 Å². The van der Waals surface area contributed by atoms with Gasteiger partial charge in [0.1, 0.15) is 11.2 Å². The number of carbonyl (C=O) groups excluding carboxylic acids is 2. The van der Waals surface area contributed by atoms with E-state index in [1.165, 1.54) is 0 Å². The van der Waals surface area contributed by atoms with Gasteiger partial charge in [0, 0.05) is 12.2 Å². The van der Waals surface area contributed by atoms with Crippen molar-refractivity contribution in [2.45, 2.75) is 26.2 Å². The molecule has 5 heteroatoms. The lowest BCUT2D eigenvalue weighted by Gasteiger charge is -2.16. The van der Waals surface area contributed by atoms with Crippen LogP contribution in [0, 0.1) is 12.3 Å². The third-order valence-corrected chi connectivity index (χ3v) is 4.87. The first-order valence-electron chi connectivity index (χ1n) is 8.83. The number of methoxy groups -OCH3 is 1. The van der Waals surface area contributed by atoms with Crippen molar-refractivity contribution < 1.29 is 14.3 Å². The molecule has 3 rings (SSSR count). The molecule has 0 aliphatic heterocycles. The predicted molar refractivity (Wildman–Crippen MR) is 101 cm³/mol. The van der Waals surface area contributed by atoms with Crippen molar-refractivity contribution in [1.29, 1.82) is 0 Å². The highest BCUT2D eigenvalue weighted by atomic mass is 16.5. The Morgan fingerprint density at radius 3 is 2.35 bits per heavy atom. The summed E-state index contributed by atoms with van der Waals surface area (Å²) in [6.45, 7) is 2.44. The van der Waals surface area contributed by atoms with Crippen LogP contribution in [0.1, 0.15) is 24.0 Å². The van der Waals surface area contributed by atoms with Crippen molar-refractivity contribution in [2.75, 3.05) is 19.0 Å². The van der Waals surface area contributed by atoms with Crippen LogP contribution >= 0.6 is 0 Å². The summed E-state index contributed by atoms with van der Waals surface area (Å²) in [5.41, 5.74) is 1.94. The van der Waals surface area contributed by atoms with Crippen LogP contribution < -0.4 is 15.4 Å². The molecule has 5 nitrogen and oxygen atoms in total. The Bertz CT molecular complexity index is 795. The lowest BCUT2D eigenvalue weighted by atomic mass is 10.0. The Kier molecular flexibility index (Phi) is 5.26. The number of ether oxygens (including phenoxy) is 1. The minimum Gasteiger partial charge on any atom is -0.497 e. The van der Waals surface area contributed by atoms with E-state index in [1.54, 1.807) is 7.11 Å². The molecule has 0 aromatic heterocycles. The van der Waals surface area contributed by atoms with Crippen LogP contribution in [0.15, 0.2) is 48.5 Å². The lowest BCUT2D eigenvalue weighted by Crippen LogP contribution is -2.40. The fourth-order valence-electron chi connectivity index (χ4n) is 2.92. The van der Waals surface area contributed by atoms with E-state index in [4.69, 9.17) is 4.74 Å². The average Bonchev–Trinajstić information content (AvgIpc) is 3.46. The molecule has 1 aliphatic rings. The fourth-order valence-corrected chi connectivity index (χ4v) is 2.92. The van der Waals surface area contributed by atoms with Crippen molar-refractivity contribution in [1.82, 2.24) is 5.32 Å². The highest BCUT2D eigenvalue weighted by Gasteiger charge is 2.56. The standard InChI is InChI=1S/C21H24N2O3/c1-15-5-3-4-6-18(15)23-20(25)21(12-13-21)19(24)22-14-11-16-7-9-17(26-2)10-8-16/h3-10H,11-14H2,1-2H3,(H,22,24)(H,23,25). The molecular weight excluding hydrogens is 328 g/mol. The van der Waals surface area contributed by atoms with Gasteiger partial charge in [-0.2, -0.15) is 0 Å². The molecule has 0 spiro atoms. The van der Waals surface area contributed by atoms with Gasteiger partial charge < -0.3 is 15.4 Å². The summed E-state index contributed by atoms with van der Waals surface area (Å²) in [5, 5.41) is 5.81. The first-order chi connectivity index (χ1) is 12.5. The maximum absolute atomic E-state index is 12.6. The molecular formula is C21H24N2O3. The zero-order chi connectivity index (χ0) is 18.6. The molecule has 2 amide bonds. The van der Waals surface area contributed by atoms with E-state index in [1.807, 2.05) is 55.5 Å². The summed E-state index contributed by atoms with van der Waals surface area (Å²) in [4.78, 5) is 25.2. The molecule has 0 unspecified atom stereocenters. The van der Waals surface area contributed by atoms with Gasteiger partial charge >= 0.3 is 0 Å². The largest absolute Gasteiger partial charge is 0.497 e. The van der Waals surface area contributed by atoms with Gasteiger partial charge in [0.15, 0.2) is 0 Å². The quantitative estimate of drug-likeness (QED) is 0.753. The van der Waals surface area contributed by atoms with Crippen LogP contribution in [0.3, 0.4) is 0 Å². The van der Waals surface area contributed by atoms with E-state index < -0.39 is 5.41 Å². The molecule has 1 fully saturated rings. The highest BCUT2D eigenvalue weighted by molar-refractivity contribution is 6.13. The van der Waals surface area contributed by atoms with Crippen LogP contribution in [-0.4, -0.2) is 25.5 Å². The summed E-state index contributed by atoms with van der Waals surface area (Å²) in [5.74, 6) is 0.411. The Morgan fingerprint density at radius 2 is 1.73 bits per heavy atom. The topological polar surface area (TPSA) is 67.4 Å². The smallest absolute Gasteiger partial charge is 0.240 e. The molecule has 0 atom stereocenters. The number of rotatable bonds is 7. The van der Waals surface area contributed by atoms with Crippen molar-refractivity contribution in [3.8, 4) is 5.75 Å². The molecule has 1 aliphatic carbocycles. The summed E-state index contributed by atoms with van der Waals surface area (Å²) in [7, 11) is 1.63. The summed E-state index contributed by atoms with van der Waals surface area (Å²) >= 11 is 0. The molecule has 2 N–H and O–H groups in total. The maximum Gasteiger partial charge on any atom is 0.240 e. The number of hydrogen-bond acceptors (Lipinski definition) is 3. The Morgan fingerprint density at radius 1 is 1.04 bits per heavy atom. The number of carbonyl (C=O) groups is 2. The normalized spacial score (nSPS) is 14.4. The molecule has 0 heterocycles. The molecule has 0 radical (unpaired) electrons. The summed E-state index contributed by atoms with van der Waals surface area (Å²) < 4.78 is 5.13. The second-order valence-corrected chi connectivity index (χ2v) is 6.71. The molecule has 136 valence electrons. The predicted octanol–water partition coefficient (Wildman–Crippen LogP) is 3.08. The van der Waals surface area contributed by atoms with Gasteiger partial charge in [0.25, 0.3) is 0 Å². The first-order valence-corrected chi connectivity index (χ1v) is 8.83. The Hall–Kier alpha value is -2.82. The number of para-hydroxylation sites is 1. The molecule has 2 aromatic carbocycles. The van der Waals surface area contributed by atoms with Gasteiger partial charge in [-0.05, 0) is 55.5 Å². The van der Waals surface area contributed by atoms with Gasteiger partial charge in [0.2, 0.25) is 11.8 Å². The van der Waals surface area contributed by atoms with Gasteiger partial charge in [-0.25, -0.2) is 0 Å². The zero-order valence-electron chi connectivity index (χ0n) is 15.2. The van der Waals surface area contributed by atoms with E-state index in [0.717, 1.165) is 22.6 Å². The Labute approximate surface area is 153 Å². The van der Waals surface area contributed by atoms with Crippen molar-refractivity contribution in [3.05, 3.63) is 59.7 Å². The Balaban J connectivity index is 1.53. The molecule has 26 heavy (non-hydrogen) atoms. The van der Waals surface area contributed by atoms with Gasteiger partial charge in [-0.3, -0.25) is 9.59 Å². The van der Waals surface area contributed by atoms with Crippen LogP contribution in [0.2, 0.25) is 0 Å². The number of benzene rings is 2. The van der Waals surface area contributed by atoms with Crippen LogP contribution in [0.25, 0.3) is 0 Å². The van der Waals surface area contributed by atoms with E-state index in [-0.39, 0.29) is 11.8 Å². The third-order valence-electron chi connectivity index (χ3n) is 4.87. The van der Waals surface area contributed by atoms with E-state index in [0.29, 0.717) is 25.8 Å². The number of amides is 2. The van der Waals surface area contributed by atoms with Gasteiger partial charge in [-0.1, -0.05) is 30.3 Å². The van der Waals surface area contributed by atoms with Gasteiger partial charge in [0.05, 0.1) is 7.11 Å². The molecule has 0 bridgehead atoms. The number of anilines is 1. The number of aryl methyl sites for hydroxylation is 1. The SMILES string of the molecule is COc1ccc(CCNC(=O)C2(C(=O)Nc3ccccc3C)CC2)cc1. The van der Waals surface area contributed by atoms with Crippen LogP contribution in [0.4, 0.5) is 5.69 Å². The minimum atomic E-state index is -0.914. The molecule has 0 saturated heterocycles. The molecule has 2 aromatic rings. The molecule has 1 saturated carbocycles. The summed E-state index contributed by atoms with van der Waals surface area (Å²) in [6.07, 6.45) is 1.91. The first kappa shape index (κ1) is 18.0. The van der Waals surface area contributed by atoms with Crippen molar-refractivity contribution in [2.24, 2.45) is 5.41 Å². The monoisotopic (exact) mass is 352 g/mol. The number of hydrogen-bond donors (Lipinski definition) is 2. The van der Waals surface area contributed by atoms with E-state index in [2.05, 4.69) is 10.6 Å². The van der Waals surface area contributed by atoms with Gasteiger partial charge in [-0.15, -0.1) is 0 Å². The highest BCUT2D eigenvalue weighted by Crippen LogP contribution is 2.47. The fraction of sp³-hybridized carbons (Fsp3) is 0.333.